The van der Waals surface area contributed by atoms with E-state index in [1.54, 1.807) is 18.2 Å². The van der Waals surface area contributed by atoms with Gasteiger partial charge >= 0.3 is 5.97 Å². The van der Waals surface area contributed by atoms with E-state index in [1.807, 2.05) is 19.9 Å². The molecule has 2 N–H and O–H groups in total. The first-order chi connectivity index (χ1) is 9.92. The number of carbonyl (C=O) groups excluding carboxylic acids is 1. The standard InChI is InChI=1S/C16H18N2O3/c1-9-5-12(13(6-9)16(20)21)15(19)18-14-7-11(8-17)4-3-10(14)2/h3-4,7,9,12-13H,5-6H2,1-2H3,(H,18,19)(H,20,21). The highest BCUT2D eigenvalue weighted by atomic mass is 16.4. The zero-order chi connectivity index (χ0) is 15.6. The van der Waals surface area contributed by atoms with Crippen LogP contribution in [0.5, 0.6) is 0 Å². The van der Waals surface area contributed by atoms with E-state index in [1.165, 1.54) is 0 Å². The van der Waals surface area contributed by atoms with E-state index in [0.29, 0.717) is 24.1 Å². The predicted octanol–water partition coefficient (Wildman–Crippen LogP) is 2.55. The van der Waals surface area contributed by atoms with Crippen molar-refractivity contribution in [3.63, 3.8) is 0 Å². The molecule has 3 unspecified atom stereocenters. The summed E-state index contributed by atoms with van der Waals surface area (Å²) in [6.07, 6.45) is 1.12. The maximum Gasteiger partial charge on any atom is 0.307 e. The molecule has 1 aliphatic carbocycles. The van der Waals surface area contributed by atoms with Gasteiger partial charge in [-0.15, -0.1) is 0 Å². The van der Waals surface area contributed by atoms with E-state index in [-0.39, 0.29) is 11.8 Å². The van der Waals surface area contributed by atoms with Gasteiger partial charge in [0.05, 0.1) is 23.5 Å². The Balaban J connectivity index is 2.18. The van der Waals surface area contributed by atoms with E-state index in [9.17, 15) is 14.7 Å². The molecule has 0 saturated heterocycles. The van der Waals surface area contributed by atoms with Crippen molar-refractivity contribution >= 4 is 17.6 Å². The molecule has 1 aromatic rings. The van der Waals surface area contributed by atoms with Gasteiger partial charge in [0.2, 0.25) is 5.91 Å². The molecule has 0 heterocycles. The number of rotatable bonds is 3. The van der Waals surface area contributed by atoms with E-state index in [0.717, 1.165) is 5.56 Å². The monoisotopic (exact) mass is 286 g/mol. The zero-order valence-corrected chi connectivity index (χ0v) is 12.1. The number of aliphatic carboxylic acids is 1. The summed E-state index contributed by atoms with van der Waals surface area (Å²) < 4.78 is 0. The van der Waals surface area contributed by atoms with Crippen LogP contribution < -0.4 is 5.32 Å². The molecule has 1 saturated carbocycles. The van der Waals surface area contributed by atoms with Crippen LogP contribution in [0.15, 0.2) is 18.2 Å². The molecule has 1 fully saturated rings. The average Bonchev–Trinajstić information content (AvgIpc) is 2.83. The number of carboxylic acid groups (broad SMARTS) is 1. The van der Waals surface area contributed by atoms with E-state index in [4.69, 9.17) is 5.26 Å². The molecule has 2 rings (SSSR count). The minimum Gasteiger partial charge on any atom is -0.481 e. The van der Waals surface area contributed by atoms with Crippen LogP contribution in [-0.4, -0.2) is 17.0 Å². The molecule has 1 aliphatic rings. The number of carboxylic acids is 1. The predicted molar refractivity (Wildman–Crippen MR) is 77.5 cm³/mol. The molecule has 110 valence electrons. The van der Waals surface area contributed by atoms with Crippen molar-refractivity contribution in [2.24, 2.45) is 17.8 Å². The average molecular weight is 286 g/mol. The Morgan fingerprint density at radius 2 is 2.00 bits per heavy atom. The fraction of sp³-hybridized carbons (Fsp3) is 0.438. The van der Waals surface area contributed by atoms with Crippen molar-refractivity contribution in [3.8, 4) is 6.07 Å². The fourth-order valence-corrected chi connectivity index (χ4v) is 2.91. The first kappa shape index (κ1) is 15.0. The number of anilines is 1. The molecular weight excluding hydrogens is 268 g/mol. The molecule has 0 aliphatic heterocycles. The molecule has 21 heavy (non-hydrogen) atoms. The first-order valence-electron chi connectivity index (χ1n) is 6.96. The van der Waals surface area contributed by atoms with Crippen LogP contribution in [0.4, 0.5) is 5.69 Å². The van der Waals surface area contributed by atoms with Crippen LogP contribution in [0.2, 0.25) is 0 Å². The minimum atomic E-state index is -0.915. The number of benzene rings is 1. The molecule has 3 atom stereocenters. The highest BCUT2D eigenvalue weighted by Gasteiger charge is 2.41. The zero-order valence-electron chi connectivity index (χ0n) is 12.1. The molecule has 0 radical (unpaired) electrons. The lowest BCUT2D eigenvalue weighted by Gasteiger charge is -2.16. The van der Waals surface area contributed by atoms with Crippen molar-refractivity contribution in [2.75, 3.05) is 5.32 Å². The summed E-state index contributed by atoms with van der Waals surface area (Å²) in [6, 6.07) is 7.09. The summed E-state index contributed by atoms with van der Waals surface area (Å²) in [7, 11) is 0. The smallest absolute Gasteiger partial charge is 0.307 e. The summed E-state index contributed by atoms with van der Waals surface area (Å²) in [6.45, 7) is 3.80. The van der Waals surface area contributed by atoms with Gasteiger partial charge in [0.15, 0.2) is 0 Å². The third-order valence-electron chi connectivity index (χ3n) is 4.08. The number of nitrogens with zero attached hydrogens (tertiary/aromatic N) is 1. The maximum absolute atomic E-state index is 12.4. The summed E-state index contributed by atoms with van der Waals surface area (Å²) in [4.78, 5) is 23.6. The molecule has 1 amide bonds. The van der Waals surface area contributed by atoms with Crippen LogP contribution in [0.25, 0.3) is 0 Å². The number of aryl methyl sites for hydroxylation is 1. The Bertz CT molecular complexity index is 618. The van der Waals surface area contributed by atoms with E-state index in [2.05, 4.69) is 5.32 Å². The normalized spacial score (nSPS) is 24.3. The van der Waals surface area contributed by atoms with Gasteiger partial charge in [-0.05, 0) is 43.4 Å². The van der Waals surface area contributed by atoms with Crippen LogP contribution in [0.1, 0.15) is 30.9 Å². The first-order valence-corrected chi connectivity index (χ1v) is 6.96. The molecule has 5 heteroatoms. The fourth-order valence-electron chi connectivity index (χ4n) is 2.91. The summed E-state index contributed by atoms with van der Waals surface area (Å²) >= 11 is 0. The number of nitriles is 1. The second-order valence-corrected chi connectivity index (χ2v) is 5.76. The van der Waals surface area contributed by atoms with Crippen molar-refractivity contribution < 1.29 is 14.7 Å². The molecule has 0 spiro atoms. The Morgan fingerprint density at radius 1 is 1.33 bits per heavy atom. The van der Waals surface area contributed by atoms with Gasteiger partial charge in [-0.2, -0.15) is 5.26 Å². The highest BCUT2D eigenvalue weighted by molar-refractivity contribution is 5.96. The lowest BCUT2D eigenvalue weighted by atomic mass is 9.95. The summed E-state index contributed by atoms with van der Waals surface area (Å²) in [5, 5.41) is 20.9. The van der Waals surface area contributed by atoms with Crippen LogP contribution in [0.3, 0.4) is 0 Å². The van der Waals surface area contributed by atoms with Crippen LogP contribution in [-0.2, 0) is 9.59 Å². The number of amides is 1. The molecule has 5 nitrogen and oxygen atoms in total. The number of carbonyl (C=O) groups is 2. The van der Waals surface area contributed by atoms with Crippen molar-refractivity contribution in [1.29, 1.82) is 5.26 Å². The van der Waals surface area contributed by atoms with Gasteiger partial charge in [0, 0.05) is 5.69 Å². The molecule has 1 aromatic carbocycles. The number of hydrogen-bond acceptors (Lipinski definition) is 3. The van der Waals surface area contributed by atoms with E-state index < -0.39 is 17.8 Å². The molecule has 0 aromatic heterocycles. The van der Waals surface area contributed by atoms with Gasteiger partial charge in [0.1, 0.15) is 0 Å². The number of hydrogen-bond donors (Lipinski definition) is 2. The van der Waals surface area contributed by atoms with Crippen molar-refractivity contribution in [1.82, 2.24) is 0 Å². The second-order valence-electron chi connectivity index (χ2n) is 5.76. The highest BCUT2D eigenvalue weighted by Crippen LogP contribution is 2.37. The second kappa shape index (κ2) is 5.96. The Morgan fingerprint density at radius 3 is 2.62 bits per heavy atom. The van der Waals surface area contributed by atoms with Gasteiger partial charge in [-0.25, -0.2) is 0 Å². The SMILES string of the molecule is Cc1ccc(C#N)cc1NC(=O)C1CC(C)CC1C(=O)O. The lowest BCUT2D eigenvalue weighted by Crippen LogP contribution is -2.30. The molecule has 0 bridgehead atoms. The summed E-state index contributed by atoms with van der Waals surface area (Å²) in [5.74, 6) is -2.09. The van der Waals surface area contributed by atoms with Crippen molar-refractivity contribution in [2.45, 2.75) is 26.7 Å². The maximum atomic E-state index is 12.4. The van der Waals surface area contributed by atoms with Gasteiger partial charge < -0.3 is 10.4 Å². The lowest BCUT2D eigenvalue weighted by molar-refractivity contribution is -0.145. The van der Waals surface area contributed by atoms with Crippen LogP contribution >= 0.6 is 0 Å². The Kier molecular flexibility index (Phi) is 4.27. The minimum absolute atomic E-state index is 0.230. The molecular formula is C16H18N2O3. The summed E-state index contributed by atoms with van der Waals surface area (Å²) in [5.41, 5.74) is 1.88. The third-order valence-corrected chi connectivity index (χ3v) is 4.08. The van der Waals surface area contributed by atoms with Gasteiger partial charge in [0.25, 0.3) is 0 Å². The third kappa shape index (κ3) is 3.22. The Hall–Kier alpha value is -2.35. The van der Waals surface area contributed by atoms with Crippen LogP contribution in [0, 0.1) is 36.0 Å². The van der Waals surface area contributed by atoms with Crippen molar-refractivity contribution in [3.05, 3.63) is 29.3 Å². The number of nitrogens with one attached hydrogen (secondary N) is 1. The van der Waals surface area contributed by atoms with Gasteiger partial charge in [-0.3, -0.25) is 9.59 Å². The largest absolute Gasteiger partial charge is 0.481 e. The Labute approximate surface area is 123 Å². The van der Waals surface area contributed by atoms with E-state index >= 15 is 0 Å². The topological polar surface area (TPSA) is 90.2 Å². The van der Waals surface area contributed by atoms with Gasteiger partial charge in [-0.1, -0.05) is 13.0 Å². The quantitative estimate of drug-likeness (QED) is 0.893.